The molecular formula is C19H24ClF3N4O2S. The number of pyridine rings is 1. The van der Waals surface area contributed by atoms with Gasteiger partial charge in [0.25, 0.3) is 0 Å². The Balaban J connectivity index is 1.78. The van der Waals surface area contributed by atoms with Crippen molar-refractivity contribution in [2.45, 2.75) is 38.4 Å². The van der Waals surface area contributed by atoms with Gasteiger partial charge in [-0.2, -0.15) is 13.2 Å². The molecule has 0 atom stereocenters. The van der Waals surface area contributed by atoms with Crippen LogP contribution in [0.2, 0.25) is 5.02 Å². The Hall–Kier alpha value is -1.62. The SMILES string of the molecule is Cc1nc(C)c(Cl)c(NCc2nccc(SCCOCCOCC(F)(F)F)c2C)n1. The van der Waals surface area contributed by atoms with Gasteiger partial charge in [0, 0.05) is 16.8 Å². The van der Waals surface area contributed by atoms with Crippen LogP contribution in [0.1, 0.15) is 22.8 Å². The highest BCUT2D eigenvalue weighted by Crippen LogP contribution is 2.26. The highest BCUT2D eigenvalue weighted by atomic mass is 35.5. The first-order chi connectivity index (χ1) is 14.2. The van der Waals surface area contributed by atoms with Crippen molar-refractivity contribution in [3.8, 4) is 0 Å². The maximum atomic E-state index is 12.0. The quantitative estimate of drug-likeness (QED) is 0.380. The average Bonchev–Trinajstić information content (AvgIpc) is 2.66. The number of alkyl halides is 3. The molecule has 0 spiro atoms. The molecular weight excluding hydrogens is 441 g/mol. The van der Waals surface area contributed by atoms with E-state index < -0.39 is 12.8 Å². The zero-order chi connectivity index (χ0) is 22.1. The first-order valence-electron chi connectivity index (χ1n) is 9.21. The number of halogens is 4. The minimum absolute atomic E-state index is 0.0845. The Labute approximate surface area is 182 Å². The first kappa shape index (κ1) is 24.6. The second kappa shape index (κ2) is 11.7. The number of rotatable bonds is 11. The van der Waals surface area contributed by atoms with Gasteiger partial charge in [-0.15, -0.1) is 11.8 Å². The molecule has 0 unspecified atom stereocenters. The smallest absolute Gasteiger partial charge is 0.378 e. The van der Waals surface area contributed by atoms with E-state index in [1.54, 1.807) is 24.9 Å². The van der Waals surface area contributed by atoms with Crippen LogP contribution in [0, 0.1) is 20.8 Å². The normalized spacial score (nSPS) is 11.7. The van der Waals surface area contributed by atoms with Crippen LogP contribution in [0.3, 0.4) is 0 Å². The van der Waals surface area contributed by atoms with Gasteiger partial charge in [-0.3, -0.25) is 4.98 Å². The van der Waals surface area contributed by atoms with E-state index in [-0.39, 0.29) is 13.2 Å². The lowest BCUT2D eigenvalue weighted by Gasteiger charge is -2.13. The van der Waals surface area contributed by atoms with Crippen molar-refractivity contribution in [2.24, 2.45) is 0 Å². The lowest BCUT2D eigenvalue weighted by molar-refractivity contribution is -0.176. The molecule has 2 aromatic heterocycles. The monoisotopic (exact) mass is 464 g/mol. The van der Waals surface area contributed by atoms with Gasteiger partial charge < -0.3 is 14.8 Å². The molecule has 0 saturated carbocycles. The first-order valence-corrected chi connectivity index (χ1v) is 10.6. The van der Waals surface area contributed by atoms with Crippen LogP contribution in [0.25, 0.3) is 0 Å². The van der Waals surface area contributed by atoms with Crippen LogP contribution in [0.4, 0.5) is 19.0 Å². The van der Waals surface area contributed by atoms with Gasteiger partial charge in [0.05, 0.1) is 37.8 Å². The molecule has 2 heterocycles. The van der Waals surface area contributed by atoms with E-state index >= 15 is 0 Å². The van der Waals surface area contributed by atoms with Crippen molar-refractivity contribution in [1.29, 1.82) is 0 Å². The number of thioether (sulfide) groups is 1. The Bertz CT molecular complexity index is 840. The van der Waals surface area contributed by atoms with Gasteiger partial charge in [-0.25, -0.2) is 9.97 Å². The van der Waals surface area contributed by atoms with E-state index in [0.717, 1.165) is 16.2 Å². The fourth-order valence-corrected chi connectivity index (χ4v) is 3.56. The third-order valence-electron chi connectivity index (χ3n) is 3.93. The van der Waals surface area contributed by atoms with Crippen LogP contribution in [-0.2, 0) is 16.0 Å². The van der Waals surface area contributed by atoms with Crippen molar-refractivity contribution in [1.82, 2.24) is 15.0 Å². The number of aryl methyl sites for hydroxylation is 2. The average molecular weight is 465 g/mol. The van der Waals surface area contributed by atoms with Crippen molar-refractivity contribution < 1.29 is 22.6 Å². The van der Waals surface area contributed by atoms with Crippen LogP contribution >= 0.6 is 23.4 Å². The molecule has 1 N–H and O–H groups in total. The summed E-state index contributed by atoms with van der Waals surface area (Å²) in [6.45, 7) is 5.27. The summed E-state index contributed by atoms with van der Waals surface area (Å²) in [5.74, 6) is 1.87. The lowest BCUT2D eigenvalue weighted by Crippen LogP contribution is -2.19. The van der Waals surface area contributed by atoms with Crippen LogP contribution in [-0.4, -0.2) is 53.3 Å². The molecule has 2 aromatic rings. The minimum Gasteiger partial charge on any atom is -0.378 e. The van der Waals surface area contributed by atoms with E-state index in [0.29, 0.717) is 41.3 Å². The molecule has 0 aromatic carbocycles. The lowest BCUT2D eigenvalue weighted by atomic mass is 10.2. The summed E-state index contributed by atoms with van der Waals surface area (Å²) in [4.78, 5) is 14.0. The van der Waals surface area contributed by atoms with Crippen molar-refractivity contribution >= 4 is 29.2 Å². The van der Waals surface area contributed by atoms with Crippen molar-refractivity contribution in [3.63, 3.8) is 0 Å². The molecule has 0 fully saturated rings. The topological polar surface area (TPSA) is 69.2 Å². The number of ether oxygens (including phenoxy) is 2. The highest BCUT2D eigenvalue weighted by Gasteiger charge is 2.27. The molecule has 2 rings (SSSR count). The molecule has 30 heavy (non-hydrogen) atoms. The van der Waals surface area contributed by atoms with Crippen molar-refractivity contribution in [2.75, 3.05) is 37.5 Å². The molecule has 0 aliphatic carbocycles. The molecule has 11 heteroatoms. The Morgan fingerprint density at radius 3 is 2.57 bits per heavy atom. The minimum atomic E-state index is -4.31. The molecule has 166 valence electrons. The number of aromatic nitrogens is 3. The summed E-state index contributed by atoms with van der Waals surface area (Å²) in [6, 6.07) is 1.92. The standard InChI is InChI=1S/C19H24ClF3N4O2S/c1-12-15(10-25-18-17(20)13(2)26-14(3)27-18)24-5-4-16(12)30-9-8-28-6-7-29-11-19(21,22)23/h4-5H,6-11H2,1-3H3,(H,25,26,27). The van der Waals surface area contributed by atoms with E-state index in [2.05, 4.69) is 25.0 Å². The Morgan fingerprint density at radius 1 is 1.10 bits per heavy atom. The van der Waals surface area contributed by atoms with Crippen LogP contribution < -0.4 is 5.32 Å². The third kappa shape index (κ3) is 8.25. The zero-order valence-electron chi connectivity index (χ0n) is 17.0. The van der Waals surface area contributed by atoms with Crippen LogP contribution in [0.15, 0.2) is 17.2 Å². The van der Waals surface area contributed by atoms with E-state index in [1.807, 2.05) is 19.9 Å². The summed E-state index contributed by atoms with van der Waals surface area (Å²) in [5.41, 5.74) is 2.61. The van der Waals surface area contributed by atoms with E-state index in [9.17, 15) is 13.2 Å². The van der Waals surface area contributed by atoms with Gasteiger partial charge in [0.1, 0.15) is 23.3 Å². The van der Waals surface area contributed by atoms with E-state index in [1.165, 1.54) is 0 Å². The second-order valence-corrected chi connectivity index (χ2v) is 7.90. The predicted molar refractivity (Wildman–Crippen MR) is 111 cm³/mol. The van der Waals surface area contributed by atoms with Gasteiger partial charge in [0.15, 0.2) is 0 Å². The summed E-state index contributed by atoms with van der Waals surface area (Å²) in [5, 5.41) is 3.70. The number of nitrogens with zero attached hydrogens (tertiary/aromatic N) is 3. The highest BCUT2D eigenvalue weighted by molar-refractivity contribution is 7.99. The van der Waals surface area contributed by atoms with Gasteiger partial charge in [-0.1, -0.05) is 11.6 Å². The number of nitrogens with one attached hydrogen (secondary N) is 1. The molecule has 0 bridgehead atoms. The molecule has 0 radical (unpaired) electrons. The maximum Gasteiger partial charge on any atom is 0.411 e. The fourth-order valence-electron chi connectivity index (χ4n) is 2.50. The second-order valence-electron chi connectivity index (χ2n) is 6.38. The predicted octanol–water partition coefficient (Wildman–Crippen LogP) is 4.75. The number of anilines is 1. The fraction of sp³-hybridized carbons (Fsp3) is 0.526. The third-order valence-corrected chi connectivity index (χ3v) is 5.51. The van der Waals surface area contributed by atoms with Crippen LogP contribution in [0.5, 0.6) is 0 Å². The summed E-state index contributed by atoms with van der Waals surface area (Å²) >= 11 is 7.86. The molecule has 0 amide bonds. The van der Waals surface area contributed by atoms with E-state index in [4.69, 9.17) is 16.3 Å². The largest absolute Gasteiger partial charge is 0.411 e. The summed E-state index contributed by atoms with van der Waals surface area (Å²) in [6.07, 6.45) is -2.58. The number of hydrogen-bond acceptors (Lipinski definition) is 7. The number of hydrogen-bond donors (Lipinski definition) is 1. The molecule has 6 nitrogen and oxygen atoms in total. The summed E-state index contributed by atoms with van der Waals surface area (Å²) in [7, 11) is 0. The van der Waals surface area contributed by atoms with Gasteiger partial charge in [-0.05, 0) is 32.4 Å². The molecule has 0 aliphatic rings. The molecule has 0 saturated heterocycles. The van der Waals surface area contributed by atoms with Gasteiger partial charge in [0.2, 0.25) is 0 Å². The zero-order valence-corrected chi connectivity index (χ0v) is 18.5. The Morgan fingerprint density at radius 2 is 1.83 bits per heavy atom. The van der Waals surface area contributed by atoms with Gasteiger partial charge >= 0.3 is 6.18 Å². The maximum absolute atomic E-state index is 12.0. The summed E-state index contributed by atoms with van der Waals surface area (Å²) < 4.78 is 45.7. The molecule has 0 aliphatic heterocycles. The Kier molecular flexibility index (Phi) is 9.60. The van der Waals surface area contributed by atoms with Crippen molar-refractivity contribution in [3.05, 3.63) is 40.1 Å².